The molecule has 0 saturated carbocycles. The first-order chi connectivity index (χ1) is 10.1. The number of amides is 1. The number of carbonyl (C=O) groups excluding carboxylic acids is 1. The quantitative estimate of drug-likeness (QED) is 0.917. The number of hydrogen-bond acceptors (Lipinski definition) is 2. The van der Waals surface area contributed by atoms with Crippen molar-refractivity contribution in [3.8, 4) is 0 Å². The number of hydrogen-bond donors (Lipinski definition) is 1. The number of benzene rings is 2. The summed E-state index contributed by atoms with van der Waals surface area (Å²) in [5.41, 5.74) is 1.37. The van der Waals surface area contributed by atoms with Crippen molar-refractivity contribution in [3.63, 3.8) is 0 Å². The average Bonchev–Trinajstić information content (AvgIpc) is 2.53. The zero-order valence-electron chi connectivity index (χ0n) is 11.8. The van der Waals surface area contributed by atoms with Crippen molar-refractivity contribution in [2.75, 3.05) is 7.05 Å². The Morgan fingerprint density at radius 2 is 1.52 bits per heavy atom. The number of carboxylic acid groups (broad SMARTS) is 1. The molecule has 0 fully saturated rings. The Balaban J connectivity index is 2.18. The molecule has 1 amide bonds. The molecule has 0 bridgehead atoms. The zero-order chi connectivity index (χ0) is 15.2. The van der Waals surface area contributed by atoms with Gasteiger partial charge in [0.1, 0.15) is 6.04 Å². The van der Waals surface area contributed by atoms with Crippen LogP contribution in [0.15, 0.2) is 60.7 Å². The van der Waals surface area contributed by atoms with Crippen molar-refractivity contribution in [1.82, 2.24) is 4.90 Å². The second kappa shape index (κ2) is 6.70. The fraction of sp³-hybridized carbons (Fsp3) is 0.176. The van der Waals surface area contributed by atoms with Crippen LogP contribution in [0.4, 0.5) is 0 Å². The van der Waals surface area contributed by atoms with Crippen molar-refractivity contribution in [2.24, 2.45) is 0 Å². The molecule has 108 valence electrons. The highest BCUT2D eigenvalue weighted by Gasteiger charge is 2.27. The highest BCUT2D eigenvalue weighted by Crippen LogP contribution is 2.12. The minimum absolute atomic E-state index is 0.283. The van der Waals surface area contributed by atoms with E-state index >= 15 is 0 Å². The highest BCUT2D eigenvalue weighted by atomic mass is 16.4. The van der Waals surface area contributed by atoms with E-state index in [9.17, 15) is 14.7 Å². The van der Waals surface area contributed by atoms with Gasteiger partial charge in [0.2, 0.25) is 0 Å². The molecule has 1 N–H and O–H groups in total. The molecule has 0 saturated heterocycles. The van der Waals surface area contributed by atoms with Gasteiger partial charge in [-0.15, -0.1) is 0 Å². The third-order valence-electron chi connectivity index (χ3n) is 3.37. The van der Waals surface area contributed by atoms with Gasteiger partial charge in [0.15, 0.2) is 0 Å². The molecule has 0 aromatic heterocycles. The van der Waals surface area contributed by atoms with E-state index in [-0.39, 0.29) is 12.3 Å². The molecule has 0 unspecified atom stereocenters. The summed E-state index contributed by atoms with van der Waals surface area (Å²) >= 11 is 0. The second-order valence-corrected chi connectivity index (χ2v) is 4.83. The maximum Gasteiger partial charge on any atom is 0.326 e. The summed E-state index contributed by atoms with van der Waals surface area (Å²) in [7, 11) is 1.52. The molecule has 0 aliphatic heterocycles. The van der Waals surface area contributed by atoms with Crippen molar-refractivity contribution in [1.29, 1.82) is 0 Å². The molecule has 0 aliphatic carbocycles. The third kappa shape index (κ3) is 3.69. The van der Waals surface area contributed by atoms with Gasteiger partial charge in [0.25, 0.3) is 5.91 Å². The van der Waals surface area contributed by atoms with Crippen molar-refractivity contribution in [3.05, 3.63) is 71.8 Å². The van der Waals surface area contributed by atoms with Crippen LogP contribution in [0.25, 0.3) is 0 Å². The predicted molar refractivity (Wildman–Crippen MR) is 80.1 cm³/mol. The average molecular weight is 283 g/mol. The molecule has 0 spiro atoms. The third-order valence-corrected chi connectivity index (χ3v) is 3.37. The fourth-order valence-electron chi connectivity index (χ4n) is 2.15. The van der Waals surface area contributed by atoms with E-state index in [4.69, 9.17) is 0 Å². The van der Waals surface area contributed by atoms with Gasteiger partial charge in [-0.25, -0.2) is 4.79 Å². The van der Waals surface area contributed by atoms with Crippen LogP contribution in [-0.4, -0.2) is 35.0 Å². The maximum absolute atomic E-state index is 12.3. The molecule has 4 nitrogen and oxygen atoms in total. The van der Waals surface area contributed by atoms with Crippen LogP contribution in [-0.2, 0) is 11.2 Å². The number of nitrogens with zero attached hydrogens (tertiary/aromatic N) is 1. The Bertz CT molecular complexity index is 610. The minimum Gasteiger partial charge on any atom is -0.480 e. The topological polar surface area (TPSA) is 57.6 Å². The van der Waals surface area contributed by atoms with Gasteiger partial charge in [0.05, 0.1) is 0 Å². The van der Waals surface area contributed by atoms with Gasteiger partial charge < -0.3 is 10.0 Å². The molecular formula is C17H17NO3. The lowest BCUT2D eigenvalue weighted by Gasteiger charge is -2.25. The SMILES string of the molecule is CN(C(=O)c1ccccc1)[C@@H](Cc1ccccc1)C(=O)O. The lowest BCUT2D eigenvalue weighted by atomic mass is 10.0. The molecule has 21 heavy (non-hydrogen) atoms. The lowest BCUT2D eigenvalue weighted by Crippen LogP contribution is -2.43. The van der Waals surface area contributed by atoms with E-state index in [1.807, 2.05) is 36.4 Å². The van der Waals surface area contributed by atoms with Gasteiger partial charge in [-0.2, -0.15) is 0 Å². The number of rotatable bonds is 5. The lowest BCUT2D eigenvalue weighted by molar-refractivity contribution is -0.141. The van der Waals surface area contributed by atoms with E-state index in [2.05, 4.69) is 0 Å². The van der Waals surface area contributed by atoms with Crippen LogP contribution in [0.5, 0.6) is 0 Å². The smallest absolute Gasteiger partial charge is 0.326 e. The number of carboxylic acids is 1. The van der Waals surface area contributed by atoms with E-state index in [1.165, 1.54) is 11.9 Å². The molecule has 0 radical (unpaired) electrons. The standard InChI is InChI=1S/C17H17NO3/c1-18(16(19)14-10-6-3-7-11-14)15(17(20)21)12-13-8-4-2-5-9-13/h2-11,15H,12H2,1H3,(H,20,21)/t15-/m0/s1. The van der Waals surface area contributed by atoms with Crippen molar-refractivity contribution < 1.29 is 14.7 Å². The van der Waals surface area contributed by atoms with E-state index < -0.39 is 12.0 Å². The maximum atomic E-state index is 12.3. The summed E-state index contributed by atoms with van der Waals surface area (Å²) in [6, 6.07) is 17.1. The molecule has 4 heteroatoms. The van der Waals surface area contributed by atoms with Gasteiger partial charge in [-0.1, -0.05) is 48.5 Å². The van der Waals surface area contributed by atoms with Gasteiger partial charge in [-0.3, -0.25) is 4.79 Å². The molecular weight excluding hydrogens is 266 g/mol. The minimum atomic E-state index is -1.01. The van der Waals surface area contributed by atoms with E-state index in [0.29, 0.717) is 5.56 Å². The molecule has 0 heterocycles. The first kappa shape index (κ1) is 14.8. The fourth-order valence-corrected chi connectivity index (χ4v) is 2.15. The van der Waals surface area contributed by atoms with E-state index in [0.717, 1.165) is 5.56 Å². The molecule has 2 rings (SSSR count). The highest BCUT2D eigenvalue weighted by molar-refractivity contribution is 5.96. The van der Waals surface area contributed by atoms with Crippen LogP contribution in [0.2, 0.25) is 0 Å². The number of carbonyl (C=O) groups is 2. The van der Waals surface area contributed by atoms with Gasteiger partial charge in [0, 0.05) is 19.0 Å². The van der Waals surface area contributed by atoms with Gasteiger partial charge >= 0.3 is 5.97 Å². The van der Waals surface area contributed by atoms with Crippen LogP contribution in [0, 0.1) is 0 Å². The summed E-state index contributed by atoms with van der Waals surface area (Å²) in [5, 5.41) is 9.41. The number of aliphatic carboxylic acids is 1. The Morgan fingerprint density at radius 1 is 1.00 bits per heavy atom. The monoisotopic (exact) mass is 283 g/mol. The summed E-state index contributed by atoms with van der Waals surface area (Å²) in [6.07, 6.45) is 0.283. The molecule has 2 aromatic rings. The van der Waals surface area contributed by atoms with Crippen molar-refractivity contribution >= 4 is 11.9 Å². The molecule has 1 atom stereocenters. The molecule has 0 aliphatic rings. The van der Waals surface area contributed by atoms with E-state index in [1.54, 1.807) is 24.3 Å². The molecule has 2 aromatic carbocycles. The largest absolute Gasteiger partial charge is 0.480 e. The number of likely N-dealkylation sites (N-methyl/N-ethyl adjacent to an activating group) is 1. The van der Waals surface area contributed by atoms with Gasteiger partial charge in [-0.05, 0) is 17.7 Å². The first-order valence-electron chi connectivity index (χ1n) is 6.68. The summed E-state index contributed by atoms with van der Waals surface area (Å²) in [5.74, 6) is -1.30. The Kier molecular flexibility index (Phi) is 4.72. The Morgan fingerprint density at radius 3 is 2.05 bits per heavy atom. The normalized spacial score (nSPS) is 11.7. The Labute approximate surface area is 123 Å². The second-order valence-electron chi connectivity index (χ2n) is 4.83. The summed E-state index contributed by atoms with van der Waals surface area (Å²) < 4.78 is 0. The summed E-state index contributed by atoms with van der Waals surface area (Å²) in [6.45, 7) is 0. The van der Waals surface area contributed by atoms with Crippen LogP contribution in [0.3, 0.4) is 0 Å². The van der Waals surface area contributed by atoms with Crippen LogP contribution in [0.1, 0.15) is 15.9 Å². The van der Waals surface area contributed by atoms with Crippen molar-refractivity contribution in [2.45, 2.75) is 12.5 Å². The predicted octanol–water partition coefficient (Wildman–Crippen LogP) is 2.45. The van der Waals surface area contributed by atoms with Crippen LogP contribution < -0.4 is 0 Å². The van der Waals surface area contributed by atoms with Crippen LogP contribution >= 0.6 is 0 Å². The Hall–Kier alpha value is -2.62. The zero-order valence-corrected chi connectivity index (χ0v) is 11.8. The summed E-state index contributed by atoms with van der Waals surface area (Å²) in [4.78, 5) is 25.1. The first-order valence-corrected chi connectivity index (χ1v) is 6.68.